The minimum Gasteiger partial charge on any atom is -0.370 e. The van der Waals surface area contributed by atoms with E-state index in [1.165, 1.54) is 12.3 Å². The lowest BCUT2D eigenvalue weighted by Crippen LogP contribution is -2.42. The smallest absolute Gasteiger partial charge is 0.370 e. The van der Waals surface area contributed by atoms with E-state index < -0.39 is 17.3 Å². The summed E-state index contributed by atoms with van der Waals surface area (Å²) >= 11 is 0. The zero-order valence-electron chi connectivity index (χ0n) is 19.3. The van der Waals surface area contributed by atoms with E-state index in [1.807, 2.05) is 18.2 Å². The molecule has 1 atom stereocenters. The summed E-state index contributed by atoms with van der Waals surface area (Å²) in [5.41, 5.74) is -2.50. The lowest BCUT2D eigenvalue weighted by atomic mass is 9.91. The van der Waals surface area contributed by atoms with Crippen molar-refractivity contribution >= 4 is 17.4 Å². The molecule has 2 fully saturated rings. The van der Waals surface area contributed by atoms with Gasteiger partial charge in [0.15, 0.2) is 0 Å². The fourth-order valence-corrected chi connectivity index (χ4v) is 4.90. The summed E-state index contributed by atoms with van der Waals surface area (Å²) in [6.45, 7) is 0.346. The van der Waals surface area contributed by atoms with E-state index in [2.05, 4.69) is 20.6 Å². The van der Waals surface area contributed by atoms with Crippen LogP contribution in [-0.2, 0) is 15.7 Å². The minimum absolute atomic E-state index is 0.0706. The maximum Gasteiger partial charge on any atom is 0.423 e. The van der Waals surface area contributed by atoms with E-state index in [4.69, 9.17) is 4.74 Å². The predicted molar refractivity (Wildman–Crippen MR) is 125 cm³/mol. The Kier molecular flexibility index (Phi) is 7.94. The summed E-state index contributed by atoms with van der Waals surface area (Å²) in [4.78, 5) is 32.2. The number of hydrogen-bond donors (Lipinski definition) is 3. The number of hydrogen-bond acceptors (Lipinski definition) is 6. The number of H-pyrrole nitrogens is 1. The fourth-order valence-electron chi connectivity index (χ4n) is 4.90. The van der Waals surface area contributed by atoms with Gasteiger partial charge in [0.25, 0.3) is 5.56 Å². The average Bonchev–Trinajstić information content (AvgIpc) is 3.28. The fraction of sp³-hybridized carbons (Fsp3) is 0.542. The number of rotatable bonds is 8. The van der Waals surface area contributed by atoms with Gasteiger partial charge in [-0.15, -0.1) is 0 Å². The van der Waals surface area contributed by atoms with E-state index in [0.29, 0.717) is 25.4 Å². The van der Waals surface area contributed by atoms with Gasteiger partial charge >= 0.3 is 6.18 Å². The van der Waals surface area contributed by atoms with Crippen molar-refractivity contribution in [2.24, 2.45) is 0 Å². The van der Waals surface area contributed by atoms with Crippen molar-refractivity contribution in [3.8, 4) is 0 Å². The van der Waals surface area contributed by atoms with Crippen LogP contribution in [0.4, 0.5) is 24.7 Å². The Hall–Kier alpha value is -3.08. The Bertz CT molecular complexity index is 1040. The molecule has 0 aromatic carbocycles. The number of aromatic amines is 1. The van der Waals surface area contributed by atoms with Gasteiger partial charge in [-0.05, 0) is 56.7 Å². The molecule has 1 aliphatic heterocycles. The number of carbonyl (C=O) groups excluding carboxylic acids is 1. The van der Waals surface area contributed by atoms with Crippen molar-refractivity contribution < 1.29 is 22.7 Å². The van der Waals surface area contributed by atoms with E-state index in [0.717, 1.165) is 31.5 Å². The molecule has 1 aliphatic carbocycles. The number of halogens is 3. The van der Waals surface area contributed by atoms with Crippen LogP contribution >= 0.6 is 0 Å². The van der Waals surface area contributed by atoms with Crippen LogP contribution in [0.3, 0.4) is 0 Å². The first-order valence-electron chi connectivity index (χ1n) is 11.9. The van der Waals surface area contributed by atoms with Gasteiger partial charge in [-0.25, -0.2) is 4.98 Å². The molecule has 190 valence electrons. The molecule has 4 rings (SSSR count). The van der Waals surface area contributed by atoms with Gasteiger partial charge in [0.1, 0.15) is 18.0 Å². The number of ether oxygens (including phenoxy) is 1. The number of alkyl halides is 3. The molecule has 1 saturated heterocycles. The van der Waals surface area contributed by atoms with Crippen LogP contribution in [0.1, 0.15) is 44.1 Å². The zero-order chi connectivity index (χ0) is 24.8. The van der Waals surface area contributed by atoms with Crippen molar-refractivity contribution in [1.29, 1.82) is 0 Å². The first-order valence-corrected chi connectivity index (χ1v) is 11.9. The number of aromatic nitrogens is 2. The molecule has 11 heteroatoms. The normalized spacial score (nSPS) is 22.7. The third-order valence-electron chi connectivity index (χ3n) is 6.56. The first kappa shape index (κ1) is 25.0. The minimum atomic E-state index is -4.76. The van der Waals surface area contributed by atoms with Crippen molar-refractivity contribution in [3.63, 3.8) is 0 Å². The summed E-state index contributed by atoms with van der Waals surface area (Å²) in [5.74, 6) is 0.611. The van der Waals surface area contributed by atoms with Crippen molar-refractivity contribution in [1.82, 2.24) is 15.3 Å². The Morgan fingerprint density at radius 1 is 1.14 bits per heavy atom. The number of nitrogens with zero attached hydrogens (tertiary/aromatic N) is 2. The molecule has 0 bridgehead atoms. The lowest BCUT2D eigenvalue weighted by Gasteiger charge is -2.30. The molecule has 3 N–H and O–H groups in total. The molecule has 35 heavy (non-hydrogen) atoms. The molecule has 0 spiro atoms. The molecule has 0 unspecified atom stereocenters. The standard InChI is InChI=1S/C24H30F3N5O3/c25-24(26,27)22-19(10-12-29-23(22)34)32-13-3-4-18(32)14-35-15-21(33)31-17-8-6-16(7-9-17)30-20-5-1-2-11-28-20/h1-2,5,10-12,16-18H,3-4,6-9,13-15H2,(H,28,30)(H,29,34)(H,31,33)/t16?,17?,18-/m0/s1. The van der Waals surface area contributed by atoms with Crippen molar-refractivity contribution in [3.05, 3.63) is 52.6 Å². The van der Waals surface area contributed by atoms with Gasteiger partial charge in [-0.1, -0.05) is 6.07 Å². The Balaban J connectivity index is 1.22. The SMILES string of the molecule is O=C(COC[C@@H]1CCCN1c1cc[nH]c(=O)c1C(F)(F)F)NC1CCC(Nc2ccccn2)CC1. The maximum absolute atomic E-state index is 13.5. The van der Waals surface area contributed by atoms with Gasteiger partial charge in [0.05, 0.1) is 18.3 Å². The monoisotopic (exact) mass is 493 g/mol. The molecule has 0 radical (unpaired) electrons. The van der Waals surface area contributed by atoms with Gasteiger partial charge in [0.2, 0.25) is 5.91 Å². The highest BCUT2D eigenvalue weighted by Crippen LogP contribution is 2.36. The molecule has 1 amide bonds. The quantitative estimate of drug-likeness (QED) is 0.522. The van der Waals surface area contributed by atoms with E-state index in [9.17, 15) is 22.8 Å². The molecule has 2 aliphatic rings. The molecule has 3 heterocycles. The lowest BCUT2D eigenvalue weighted by molar-refractivity contribution is -0.138. The van der Waals surface area contributed by atoms with Gasteiger partial charge < -0.3 is 25.3 Å². The molecular formula is C24H30F3N5O3. The Morgan fingerprint density at radius 3 is 2.63 bits per heavy atom. The molecular weight excluding hydrogens is 463 g/mol. The number of pyridine rings is 2. The Labute approximate surface area is 201 Å². The van der Waals surface area contributed by atoms with Crippen molar-refractivity contribution in [2.75, 3.05) is 30.0 Å². The Morgan fingerprint density at radius 2 is 1.91 bits per heavy atom. The van der Waals surface area contributed by atoms with E-state index >= 15 is 0 Å². The topological polar surface area (TPSA) is 99.3 Å². The van der Waals surface area contributed by atoms with Crippen LogP contribution in [0.2, 0.25) is 0 Å². The number of anilines is 2. The summed E-state index contributed by atoms with van der Waals surface area (Å²) in [5, 5.41) is 6.40. The molecule has 2 aromatic heterocycles. The maximum atomic E-state index is 13.5. The number of amides is 1. The summed E-state index contributed by atoms with van der Waals surface area (Å²) in [6.07, 6.45) is 3.02. The zero-order valence-corrected chi connectivity index (χ0v) is 19.3. The second-order valence-electron chi connectivity index (χ2n) is 9.04. The van der Waals surface area contributed by atoms with Crippen LogP contribution in [0.25, 0.3) is 0 Å². The van der Waals surface area contributed by atoms with Gasteiger partial charge in [0, 0.05) is 31.0 Å². The molecule has 1 saturated carbocycles. The molecule has 2 aromatic rings. The summed E-state index contributed by atoms with van der Waals surface area (Å²) in [6, 6.07) is 7.05. The van der Waals surface area contributed by atoms with Crippen LogP contribution in [-0.4, -0.2) is 53.8 Å². The highest BCUT2D eigenvalue weighted by molar-refractivity contribution is 5.77. The third kappa shape index (κ3) is 6.53. The largest absolute Gasteiger partial charge is 0.423 e. The third-order valence-corrected chi connectivity index (χ3v) is 6.56. The highest BCUT2D eigenvalue weighted by Gasteiger charge is 2.40. The number of carbonyl (C=O) groups is 1. The van der Waals surface area contributed by atoms with Crippen LogP contribution in [0, 0.1) is 0 Å². The van der Waals surface area contributed by atoms with E-state index in [-0.39, 0.29) is 36.9 Å². The average molecular weight is 494 g/mol. The van der Waals surface area contributed by atoms with Gasteiger partial charge in [-0.3, -0.25) is 9.59 Å². The predicted octanol–water partition coefficient (Wildman–Crippen LogP) is 3.31. The van der Waals surface area contributed by atoms with Crippen LogP contribution < -0.4 is 21.1 Å². The number of nitrogens with one attached hydrogen (secondary N) is 3. The second kappa shape index (κ2) is 11.1. The van der Waals surface area contributed by atoms with E-state index in [1.54, 1.807) is 11.1 Å². The second-order valence-corrected chi connectivity index (χ2v) is 9.04. The van der Waals surface area contributed by atoms with Crippen LogP contribution in [0.5, 0.6) is 0 Å². The van der Waals surface area contributed by atoms with Gasteiger partial charge in [-0.2, -0.15) is 13.2 Å². The first-order chi connectivity index (χ1) is 16.8. The van der Waals surface area contributed by atoms with Crippen molar-refractivity contribution in [2.45, 2.75) is 62.8 Å². The highest BCUT2D eigenvalue weighted by atomic mass is 19.4. The van der Waals surface area contributed by atoms with Crippen LogP contribution in [0.15, 0.2) is 41.5 Å². The summed E-state index contributed by atoms with van der Waals surface area (Å²) < 4.78 is 46.0. The summed E-state index contributed by atoms with van der Waals surface area (Å²) in [7, 11) is 0. The molecule has 8 nitrogen and oxygen atoms in total.